The minimum atomic E-state index is -3.23. The van der Waals surface area contributed by atoms with Crippen molar-refractivity contribution in [2.24, 2.45) is 10.9 Å². The van der Waals surface area contributed by atoms with Crippen molar-refractivity contribution in [1.82, 2.24) is 20.3 Å². The minimum absolute atomic E-state index is 0.0520. The first kappa shape index (κ1) is 21.8. The topological polar surface area (TPSA) is 85.8 Å². The molecule has 3 rings (SSSR count). The molecule has 0 aromatic heterocycles. The lowest BCUT2D eigenvalue weighted by atomic mass is 9.86. The van der Waals surface area contributed by atoms with E-state index in [1.54, 1.807) is 0 Å². The van der Waals surface area contributed by atoms with Crippen LogP contribution in [0.2, 0.25) is 0 Å². The number of piperidine rings is 1. The van der Waals surface area contributed by atoms with Crippen LogP contribution >= 0.6 is 0 Å². The predicted octanol–water partition coefficient (Wildman–Crippen LogP) is 1.67. The summed E-state index contributed by atoms with van der Waals surface area (Å²) in [7, 11) is -3.23. The molecule has 3 N–H and O–H groups in total. The maximum atomic E-state index is 12.1. The van der Waals surface area contributed by atoms with Crippen LogP contribution in [-0.4, -0.2) is 69.8 Å². The van der Waals surface area contributed by atoms with E-state index in [0.29, 0.717) is 18.5 Å². The SMILES string of the molecule is CCNC(=NCCS(=O)(=O)NCC1CCC1)NC1CCN(C2CCCC2)CC1. The van der Waals surface area contributed by atoms with E-state index in [2.05, 4.69) is 25.2 Å². The first-order valence-electron chi connectivity index (χ1n) is 11.3. The molecule has 0 unspecified atom stereocenters. The summed E-state index contributed by atoms with van der Waals surface area (Å²) in [5.41, 5.74) is 0. The lowest BCUT2D eigenvalue weighted by Crippen LogP contribution is -2.50. The van der Waals surface area contributed by atoms with Crippen molar-refractivity contribution in [3.8, 4) is 0 Å². The van der Waals surface area contributed by atoms with E-state index in [1.807, 2.05) is 6.92 Å². The van der Waals surface area contributed by atoms with Gasteiger partial charge in [0.15, 0.2) is 5.96 Å². The molecular weight excluding hydrogens is 374 g/mol. The number of nitrogens with zero attached hydrogens (tertiary/aromatic N) is 2. The van der Waals surface area contributed by atoms with Crippen molar-refractivity contribution in [2.45, 2.75) is 76.8 Å². The Hall–Kier alpha value is -0.860. The van der Waals surface area contributed by atoms with Crippen LogP contribution in [0.3, 0.4) is 0 Å². The number of hydrogen-bond acceptors (Lipinski definition) is 4. The summed E-state index contributed by atoms with van der Waals surface area (Å²) in [5, 5.41) is 6.78. The molecule has 162 valence electrons. The number of nitrogens with one attached hydrogen (secondary N) is 3. The largest absolute Gasteiger partial charge is 0.357 e. The fourth-order valence-electron chi connectivity index (χ4n) is 4.48. The number of rotatable bonds is 9. The highest BCUT2D eigenvalue weighted by atomic mass is 32.2. The fourth-order valence-corrected chi connectivity index (χ4v) is 5.45. The summed E-state index contributed by atoms with van der Waals surface area (Å²) in [4.78, 5) is 7.17. The molecular formula is C20H39N5O2S. The van der Waals surface area contributed by atoms with Crippen LogP contribution in [0.5, 0.6) is 0 Å². The van der Waals surface area contributed by atoms with Gasteiger partial charge in [0, 0.05) is 38.3 Å². The summed E-state index contributed by atoms with van der Waals surface area (Å²) in [6.07, 6.45) is 11.3. The highest BCUT2D eigenvalue weighted by Gasteiger charge is 2.27. The Kier molecular flexibility index (Phi) is 8.41. The van der Waals surface area contributed by atoms with Gasteiger partial charge in [0.1, 0.15) is 0 Å². The molecule has 1 aliphatic heterocycles. The molecule has 0 aromatic carbocycles. The van der Waals surface area contributed by atoms with Gasteiger partial charge in [-0.25, -0.2) is 13.1 Å². The van der Waals surface area contributed by atoms with Gasteiger partial charge >= 0.3 is 0 Å². The van der Waals surface area contributed by atoms with Crippen molar-refractivity contribution in [3.63, 3.8) is 0 Å². The smallest absolute Gasteiger partial charge is 0.213 e. The molecule has 0 radical (unpaired) electrons. The van der Waals surface area contributed by atoms with Crippen LogP contribution in [-0.2, 0) is 10.0 Å². The van der Waals surface area contributed by atoms with Gasteiger partial charge in [-0.2, -0.15) is 0 Å². The number of guanidine groups is 1. The molecule has 1 heterocycles. The standard InChI is InChI=1S/C20H39N5O2S/c1-2-21-20(22-12-15-28(26,27)23-16-17-6-5-7-17)24-18-10-13-25(14-11-18)19-8-3-4-9-19/h17-19,23H,2-16H2,1H3,(H2,21,22,24). The maximum Gasteiger partial charge on any atom is 0.213 e. The second kappa shape index (κ2) is 10.8. The Morgan fingerprint density at radius 2 is 1.75 bits per heavy atom. The molecule has 8 heteroatoms. The third kappa shape index (κ3) is 6.88. The Morgan fingerprint density at radius 3 is 2.36 bits per heavy atom. The molecule has 0 amide bonds. The van der Waals surface area contributed by atoms with E-state index in [0.717, 1.165) is 57.3 Å². The average Bonchev–Trinajstić information content (AvgIpc) is 3.15. The molecule has 0 spiro atoms. The van der Waals surface area contributed by atoms with E-state index in [9.17, 15) is 8.42 Å². The van der Waals surface area contributed by atoms with Crippen molar-refractivity contribution in [2.75, 3.05) is 38.5 Å². The van der Waals surface area contributed by atoms with Crippen LogP contribution in [0.15, 0.2) is 4.99 Å². The average molecular weight is 414 g/mol. The number of sulfonamides is 1. The highest BCUT2D eigenvalue weighted by Crippen LogP contribution is 2.26. The van der Waals surface area contributed by atoms with E-state index in [-0.39, 0.29) is 12.3 Å². The minimum Gasteiger partial charge on any atom is -0.357 e. The van der Waals surface area contributed by atoms with Gasteiger partial charge in [-0.1, -0.05) is 19.3 Å². The summed E-state index contributed by atoms with van der Waals surface area (Å²) in [6.45, 7) is 6.00. The van der Waals surface area contributed by atoms with Gasteiger partial charge in [-0.05, 0) is 51.4 Å². The maximum absolute atomic E-state index is 12.1. The van der Waals surface area contributed by atoms with Crippen LogP contribution < -0.4 is 15.4 Å². The second-order valence-electron chi connectivity index (χ2n) is 8.62. The van der Waals surface area contributed by atoms with Crippen molar-refractivity contribution in [1.29, 1.82) is 0 Å². The summed E-state index contributed by atoms with van der Waals surface area (Å²) >= 11 is 0. The van der Waals surface area contributed by atoms with Crippen LogP contribution in [0, 0.1) is 5.92 Å². The van der Waals surface area contributed by atoms with E-state index in [1.165, 1.54) is 32.1 Å². The number of hydrogen-bond donors (Lipinski definition) is 3. The summed E-state index contributed by atoms with van der Waals surface area (Å²) in [6, 6.07) is 1.23. The van der Waals surface area contributed by atoms with Gasteiger partial charge < -0.3 is 15.5 Å². The second-order valence-corrected chi connectivity index (χ2v) is 10.5. The van der Waals surface area contributed by atoms with E-state index >= 15 is 0 Å². The van der Waals surface area contributed by atoms with Gasteiger partial charge in [-0.15, -0.1) is 0 Å². The lowest BCUT2D eigenvalue weighted by molar-refractivity contribution is 0.150. The van der Waals surface area contributed by atoms with Crippen LogP contribution in [0.4, 0.5) is 0 Å². The first-order chi connectivity index (χ1) is 13.6. The Labute approximate surface area is 171 Å². The monoisotopic (exact) mass is 413 g/mol. The van der Waals surface area contributed by atoms with Gasteiger partial charge in [0.25, 0.3) is 0 Å². The molecule has 0 aromatic rings. The molecule has 0 bridgehead atoms. The van der Waals surface area contributed by atoms with Gasteiger partial charge in [0.05, 0.1) is 12.3 Å². The molecule has 7 nitrogen and oxygen atoms in total. The molecule has 0 atom stereocenters. The lowest BCUT2D eigenvalue weighted by Gasteiger charge is -2.36. The van der Waals surface area contributed by atoms with Crippen molar-refractivity contribution >= 4 is 16.0 Å². The van der Waals surface area contributed by atoms with Gasteiger partial charge in [0.2, 0.25) is 10.0 Å². The zero-order valence-electron chi connectivity index (χ0n) is 17.5. The van der Waals surface area contributed by atoms with E-state index in [4.69, 9.17) is 0 Å². The molecule has 3 fully saturated rings. The zero-order valence-corrected chi connectivity index (χ0v) is 18.3. The predicted molar refractivity (Wildman–Crippen MR) is 115 cm³/mol. The van der Waals surface area contributed by atoms with Crippen molar-refractivity contribution in [3.05, 3.63) is 0 Å². The van der Waals surface area contributed by atoms with Gasteiger partial charge in [-0.3, -0.25) is 4.99 Å². The summed E-state index contributed by atoms with van der Waals surface area (Å²) < 4.78 is 27.0. The first-order valence-corrected chi connectivity index (χ1v) is 13.0. The van der Waals surface area contributed by atoms with Crippen LogP contribution in [0.1, 0.15) is 64.7 Å². The molecule has 28 heavy (non-hydrogen) atoms. The normalized spacial score (nSPS) is 23.7. The molecule has 2 saturated carbocycles. The van der Waals surface area contributed by atoms with E-state index < -0.39 is 10.0 Å². The Balaban J connectivity index is 1.39. The fraction of sp³-hybridized carbons (Fsp3) is 0.950. The Bertz CT molecular complexity index is 592. The quantitative estimate of drug-likeness (QED) is 0.395. The zero-order chi connectivity index (χ0) is 19.8. The molecule has 1 saturated heterocycles. The Morgan fingerprint density at radius 1 is 1.04 bits per heavy atom. The highest BCUT2D eigenvalue weighted by molar-refractivity contribution is 7.89. The summed E-state index contributed by atoms with van der Waals surface area (Å²) in [5.74, 6) is 1.33. The third-order valence-corrected chi connectivity index (χ3v) is 7.83. The third-order valence-electron chi connectivity index (χ3n) is 6.50. The molecule has 3 aliphatic rings. The molecule has 2 aliphatic carbocycles. The van der Waals surface area contributed by atoms with Crippen LogP contribution in [0.25, 0.3) is 0 Å². The number of likely N-dealkylation sites (tertiary alicyclic amines) is 1. The van der Waals surface area contributed by atoms with Crippen molar-refractivity contribution < 1.29 is 8.42 Å². The number of aliphatic imine (C=N–C) groups is 1.